The van der Waals surface area contributed by atoms with Crippen LogP contribution in [0.25, 0.3) is 5.69 Å². The van der Waals surface area contributed by atoms with Gasteiger partial charge < -0.3 is 5.32 Å². The third-order valence-electron chi connectivity index (χ3n) is 3.75. The molecule has 0 aliphatic rings. The highest BCUT2D eigenvalue weighted by atomic mass is 35.5. The molecular weight excluding hydrogens is 361 g/mol. The lowest BCUT2D eigenvalue weighted by molar-refractivity contribution is -0.116. The van der Waals surface area contributed by atoms with Crippen LogP contribution in [0.4, 0.5) is 5.69 Å². The van der Waals surface area contributed by atoms with Gasteiger partial charge in [0.05, 0.1) is 5.69 Å². The third kappa shape index (κ3) is 4.35. The van der Waals surface area contributed by atoms with Crippen LogP contribution in [-0.4, -0.2) is 26.1 Å². The summed E-state index contributed by atoms with van der Waals surface area (Å²) in [5.74, 6) is -0.0945. The first-order chi connectivity index (χ1) is 12.0. The zero-order valence-corrected chi connectivity index (χ0v) is 14.9. The SMILES string of the molecule is Cc1ccc(-n2cnnn2)cc1NC(=O)CCc1ccc(Cl)cc1Cl. The maximum atomic E-state index is 12.3. The molecule has 0 radical (unpaired) electrons. The van der Waals surface area contributed by atoms with Crippen LogP contribution in [0.15, 0.2) is 42.7 Å². The van der Waals surface area contributed by atoms with Gasteiger partial charge in [-0.05, 0) is 59.2 Å². The van der Waals surface area contributed by atoms with E-state index < -0.39 is 0 Å². The van der Waals surface area contributed by atoms with Crippen LogP contribution in [0.1, 0.15) is 17.5 Å². The number of benzene rings is 2. The van der Waals surface area contributed by atoms with Gasteiger partial charge in [-0.1, -0.05) is 35.3 Å². The first-order valence-corrected chi connectivity index (χ1v) is 8.36. The molecule has 3 aromatic rings. The number of nitrogens with one attached hydrogen (secondary N) is 1. The predicted octanol–water partition coefficient (Wildman–Crippen LogP) is 3.85. The molecule has 1 amide bonds. The fourth-order valence-electron chi connectivity index (χ4n) is 2.35. The van der Waals surface area contributed by atoms with Crippen molar-refractivity contribution in [3.05, 3.63) is 63.9 Å². The van der Waals surface area contributed by atoms with E-state index in [4.69, 9.17) is 23.2 Å². The summed E-state index contributed by atoms with van der Waals surface area (Å²) in [6, 6.07) is 10.9. The van der Waals surface area contributed by atoms with Crippen molar-refractivity contribution in [1.82, 2.24) is 20.2 Å². The number of carbonyl (C=O) groups is 1. The van der Waals surface area contributed by atoms with Crippen LogP contribution in [0.3, 0.4) is 0 Å². The van der Waals surface area contributed by atoms with Crippen LogP contribution >= 0.6 is 23.2 Å². The van der Waals surface area contributed by atoms with Crippen LogP contribution in [0.5, 0.6) is 0 Å². The number of aryl methyl sites for hydroxylation is 2. The fourth-order valence-corrected chi connectivity index (χ4v) is 2.86. The second-order valence-electron chi connectivity index (χ2n) is 5.54. The van der Waals surface area contributed by atoms with E-state index >= 15 is 0 Å². The summed E-state index contributed by atoms with van der Waals surface area (Å²) in [4.78, 5) is 12.3. The van der Waals surface area contributed by atoms with Gasteiger partial charge in [0, 0.05) is 22.2 Å². The molecule has 0 bridgehead atoms. The van der Waals surface area contributed by atoms with Crippen LogP contribution in [-0.2, 0) is 11.2 Å². The number of anilines is 1. The zero-order valence-electron chi connectivity index (χ0n) is 13.4. The maximum absolute atomic E-state index is 12.3. The minimum Gasteiger partial charge on any atom is -0.326 e. The number of hydrogen-bond donors (Lipinski definition) is 1. The van der Waals surface area contributed by atoms with Gasteiger partial charge in [-0.2, -0.15) is 0 Å². The van der Waals surface area contributed by atoms with Crippen molar-refractivity contribution >= 4 is 34.8 Å². The Bertz CT molecular complexity index is 896. The van der Waals surface area contributed by atoms with Crippen LogP contribution in [0.2, 0.25) is 10.0 Å². The van der Waals surface area contributed by atoms with Gasteiger partial charge in [0.15, 0.2) is 0 Å². The van der Waals surface area contributed by atoms with Gasteiger partial charge >= 0.3 is 0 Å². The van der Waals surface area contributed by atoms with E-state index in [1.807, 2.05) is 31.2 Å². The van der Waals surface area contributed by atoms with Gasteiger partial charge in [0.1, 0.15) is 6.33 Å². The summed E-state index contributed by atoms with van der Waals surface area (Å²) < 4.78 is 1.53. The van der Waals surface area contributed by atoms with E-state index in [-0.39, 0.29) is 5.91 Å². The Hall–Kier alpha value is -2.44. The lowest BCUT2D eigenvalue weighted by Crippen LogP contribution is -2.13. The normalized spacial score (nSPS) is 10.7. The number of nitrogens with zero attached hydrogens (tertiary/aromatic N) is 4. The number of amides is 1. The Balaban J connectivity index is 1.67. The van der Waals surface area contributed by atoms with Crippen molar-refractivity contribution in [3.8, 4) is 5.69 Å². The summed E-state index contributed by atoms with van der Waals surface area (Å²) in [7, 11) is 0. The molecule has 1 heterocycles. The Labute approximate surface area is 154 Å². The molecule has 2 aromatic carbocycles. The highest BCUT2D eigenvalue weighted by Gasteiger charge is 2.09. The molecule has 0 spiro atoms. The molecule has 6 nitrogen and oxygen atoms in total. The summed E-state index contributed by atoms with van der Waals surface area (Å²) in [6.45, 7) is 1.93. The number of aromatic nitrogens is 4. The second kappa shape index (κ2) is 7.63. The number of rotatable bonds is 5. The van der Waals surface area contributed by atoms with E-state index in [9.17, 15) is 4.79 Å². The molecule has 0 aliphatic heterocycles. The number of halogens is 2. The molecule has 0 unspecified atom stereocenters. The van der Waals surface area contributed by atoms with Gasteiger partial charge in [-0.15, -0.1) is 5.10 Å². The van der Waals surface area contributed by atoms with E-state index in [1.54, 1.807) is 12.1 Å². The minimum absolute atomic E-state index is 0.0945. The number of tetrazole rings is 1. The monoisotopic (exact) mass is 375 g/mol. The summed E-state index contributed by atoms with van der Waals surface area (Å²) in [5.41, 5.74) is 3.34. The Kier molecular flexibility index (Phi) is 5.31. The number of carbonyl (C=O) groups excluding carboxylic acids is 1. The van der Waals surface area contributed by atoms with Crippen molar-refractivity contribution in [3.63, 3.8) is 0 Å². The first-order valence-electron chi connectivity index (χ1n) is 7.61. The highest BCUT2D eigenvalue weighted by molar-refractivity contribution is 6.35. The molecule has 1 aromatic heterocycles. The fraction of sp³-hybridized carbons (Fsp3) is 0.176. The zero-order chi connectivity index (χ0) is 17.8. The average molecular weight is 376 g/mol. The molecular formula is C17H15Cl2N5O. The van der Waals surface area contributed by atoms with Crippen molar-refractivity contribution < 1.29 is 4.79 Å². The molecule has 0 saturated heterocycles. The van der Waals surface area contributed by atoms with Crippen molar-refractivity contribution in [2.24, 2.45) is 0 Å². The molecule has 8 heteroatoms. The van der Waals surface area contributed by atoms with Crippen LogP contribution in [0, 0.1) is 6.92 Å². The first kappa shape index (κ1) is 17.4. The van der Waals surface area contributed by atoms with E-state index in [1.165, 1.54) is 11.0 Å². The van der Waals surface area contributed by atoms with Gasteiger partial charge in [0.2, 0.25) is 5.91 Å². The van der Waals surface area contributed by atoms with Crippen LogP contribution < -0.4 is 5.32 Å². The molecule has 0 atom stereocenters. The average Bonchev–Trinajstić information content (AvgIpc) is 3.10. The molecule has 0 aliphatic carbocycles. The van der Waals surface area contributed by atoms with Crippen molar-refractivity contribution in [1.29, 1.82) is 0 Å². The molecule has 1 N–H and O–H groups in total. The molecule has 128 valence electrons. The standard InChI is InChI=1S/C17H15Cl2N5O/c1-11-2-6-14(24-10-20-22-23-24)9-16(11)21-17(25)7-4-12-3-5-13(18)8-15(12)19/h2-3,5-6,8-10H,4,7H2,1H3,(H,21,25). The van der Waals surface area contributed by atoms with E-state index in [2.05, 4.69) is 20.8 Å². The number of hydrogen-bond acceptors (Lipinski definition) is 4. The Morgan fingerprint density at radius 3 is 2.76 bits per heavy atom. The summed E-state index contributed by atoms with van der Waals surface area (Å²) in [5, 5.41) is 15.1. The Morgan fingerprint density at radius 1 is 1.20 bits per heavy atom. The van der Waals surface area contributed by atoms with Gasteiger partial charge in [0.25, 0.3) is 0 Å². The summed E-state index contributed by atoms with van der Waals surface area (Å²) >= 11 is 12.0. The second-order valence-corrected chi connectivity index (χ2v) is 6.38. The molecule has 25 heavy (non-hydrogen) atoms. The van der Waals surface area contributed by atoms with Gasteiger partial charge in [-0.3, -0.25) is 4.79 Å². The lowest BCUT2D eigenvalue weighted by atomic mass is 10.1. The lowest BCUT2D eigenvalue weighted by Gasteiger charge is -2.11. The minimum atomic E-state index is -0.0945. The van der Waals surface area contributed by atoms with Crippen molar-refractivity contribution in [2.45, 2.75) is 19.8 Å². The van der Waals surface area contributed by atoms with E-state index in [0.717, 1.165) is 22.5 Å². The quantitative estimate of drug-likeness (QED) is 0.734. The third-order valence-corrected chi connectivity index (χ3v) is 4.33. The molecule has 0 saturated carbocycles. The van der Waals surface area contributed by atoms with Crippen molar-refractivity contribution in [2.75, 3.05) is 5.32 Å². The smallest absolute Gasteiger partial charge is 0.224 e. The largest absolute Gasteiger partial charge is 0.326 e. The predicted molar refractivity (Wildman–Crippen MR) is 97.3 cm³/mol. The molecule has 0 fully saturated rings. The summed E-state index contributed by atoms with van der Waals surface area (Å²) in [6.07, 6.45) is 2.35. The topological polar surface area (TPSA) is 72.7 Å². The van der Waals surface area contributed by atoms with Gasteiger partial charge in [-0.25, -0.2) is 4.68 Å². The van der Waals surface area contributed by atoms with E-state index in [0.29, 0.717) is 22.9 Å². The Morgan fingerprint density at radius 2 is 2.04 bits per heavy atom. The maximum Gasteiger partial charge on any atom is 0.224 e. The molecule has 3 rings (SSSR count). The highest BCUT2D eigenvalue weighted by Crippen LogP contribution is 2.23.